The molecule has 3 rings (SSSR count). The largest absolute Gasteiger partial charge is 0.490 e. The highest BCUT2D eigenvalue weighted by molar-refractivity contribution is 7.66. The van der Waals surface area contributed by atoms with Crippen LogP contribution in [0.5, 0.6) is 0 Å². The van der Waals surface area contributed by atoms with E-state index in [9.17, 15) is 39.0 Å². The number of ether oxygens (including phenoxy) is 1. The molecule has 10 N–H and O–H groups in total. The number of hydrogen-bond acceptors (Lipinski definition) is 14. The second kappa shape index (κ2) is 10.6. The predicted octanol–water partition coefficient (Wildman–Crippen LogP) is -3.44. The Labute approximate surface area is 192 Å². The predicted molar refractivity (Wildman–Crippen MR) is 107 cm³/mol. The third-order valence-electron chi connectivity index (χ3n) is 5.17. The molecule has 0 aromatic carbocycles. The maximum absolute atomic E-state index is 11.9. The van der Waals surface area contributed by atoms with Crippen molar-refractivity contribution in [3.63, 3.8) is 0 Å². The molecule has 0 radical (unpaired) electrons. The lowest BCUT2D eigenvalue weighted by atomic mass is 9.99. The molecule has 34 heavy (non-hydrogen) atoms. The average Bonchev–Trinajstić information content (AvgIpc) is 3.28. The molecule has 3 aliphatic rings. The molecule has 0 aromatic rings. The van der Waals surface area contributed by atoms with Crippen LogP contribution in [0.3, 0.4) is 0 Å². The zero-order valence-corrected chi connectivity index (χ0v) is 19.9. The van der Waals surface area contributed by atoms with Crippen LogP contribution < -0.4 is 10.6 Å². The highest BCUT2D eigenvalue weighted by Gasteiger charge is 2.49. The summed E-state index contributed by atoms with van der Waals surface area (Å²) in [6.07, 6.45) is -6.91. The lowest BCUT2D eigenvalue weighted by molar-refractivity contribution is -0.0738. The second-order valence-corrected chi connectivity index (χ2v) is 12.0. The van der Waals surface area contributed by atoms with E-state index >= 15 is 0 Å². The molecule has 21 heteroatoms. The Kier molecular flexibility index (Phi) is 8.78. The summed E-state index contributed by atoms with van der Waals surface area (Å²) in [5, 5.41) is 46.7. The van der Waals surface area contributed by atoms with Crippen molar-refractivity contribution >= 4 is 23.5 Å². The van der Waals surface area contributed by atoms with Crippen LogP contribution in [0.2, 0.25) is 0 Å². The summed E-state index contributed by atoms with van der Waals surface area (Å²) < 4.78 is 51.0. The van der Waals surface area contributed by atoms with Crippen LogP contribution in [0.25, 0.3) is 0 Å². The summed E-state index contributed by atoms with van der Waals surface area (Å²) in [5.74, 6) is 0. The number of phosphoric acid groups is 3. The Morgan fingerprint density at radius 1 is 1.03 bits per heavy atom. The van der Waals surface area contributed by atoms with Crippen molar-refractivity contribution in [1.82, 2.24) is 15.5 Å². The molecular weight excluding hydrogens is 531 g/mol. The highest BCUT2D eigenvalue weighted by Crippen LogP contribution is 2.66. The molecule has 0 bridgehead atoms. The number of rotatable bonds is 9. The molecular formula is C13H26N3O15P3. The Balaban J connectivity index is 1.66. The molecule has 5 unspecified atom stereocenters. The van der Waals surface area contributed by atoms with Crippen LogP contribution >= 0.6 is 23.5 Å². The first kappa shape index (κ1) is 28.2. The molecule has 0 spiro atoms. The van der Waals surface area contributed by atoms with Gasteiger partial charge < -0.3 is 55.0 Å². The minimum atomic E-state index is -5.73. The summed E-state index contributed by atoms with van der Waals surface area (Å²) in [4.78, 5) is 37.3. The monoisotopic (exact) mass is 557 g/mol. The van der Waals surface area contributed by atoms with Gasteiger partial charge in [-0.2, -0.15) is 8.62 Å². The molecule has 198 valence electrons. The third-order valence-corrected chi connectivity index (χ3v) is 8.97. The molecule has 3 aliphatic heterocycles. The Morgan fingerprint density at radius 3 is 2.29 bits per heavy atom. The number of phosphoric ester groups is 1. The van der Waals surface area contributed by atoms with Crippen molar-refractivity contribution < 1.29 is 71.6 Å². The quantitative estimate of drug-likeness (QED) is 0.123. The van der Waals surface area contributed by atoms with Gasteiger partial charge >= 0.3 is 23.5 Å². The third kappa shape index (κ3) is 7.12. The fourth-order valence-corrected chi connectivity index (χ4v) is 6.73. The number of aliphatic hydroxyl groups excluding tert-OH is 4. The lowest BCUT2D eigenvalue weighted by Crippen LogP contribution is -2.57. The van der Waals surface area contributed by atoms with Gasteiger partial charge in [-0.3, -0.25) is 4.52 Å². The van der Waals surface area contributed by atoms with Gasteiger partial charge in [0.25, 0.3) is 0 Å². The van der Waals surface area contributed by atoms with Gasteiger partial charge in [-0.25, -0.2) is 19.0 Å². The van der Waals surface area contributed by atoms with Gasteiger partial charge in [0.05, 0.1) is 6.61 Å². The van der Waals surface area contributed by atoms with Crippen LogP contribution in [0.4, 0.5) is 0 Å². The van der Waals surface area contributed by atoms with Crippen molar-refractivity contribution in [1.29, 1.82) is 0 Å². The second-order valence-electron chi connectivity index (χ2n) is 7.63. The van der Waals surface area contributed by atoms with Gasteiger partial charge in [-0.1, -0.05) is 0 Å². The minimum Gasteiger partial charge on any atom is -0.387 e. The molecule has 0 saturated carbocycles. The van der Waals surface area contributed by atoms with Crippen molar-refractivity contribution in [3.05, 3.63) is 11.8 Å². The van der Waals surface area contributed by atoms with Gasteiger partial charge in [0.15, 0.2) is 6.35 Å². The van der Waals surface area contributed by atoms with E-state index in [4.69, 9.17) is 19.4 Å². The SMILES string of the molecule is O=P(O)(O)OP(=O)(O)OP(=O)(O)OC[C@H]1O[C@@H](C2=CN(C3CCNC3)C(O)NC2O)[C@H](O)[C@@H]1O. The van der Waals surface area contributed by atoms with E-state index in [1.165, 1.54) is 11.1 Å². The molecule has 2 saturated heterocycles. The number of nitrogens with one attached hydrogen (secondary N) is 2. The first-order valence-corrected chi connectivity index (χ1v) is 14.2. The molecule has 0 amide bonds. The maximum Gasteiger partial charge on any atom is 0.490 e. The summed E-state index contributed by atoms with van der Waals surface area (Å²) in [5.41, 5.74) is 0.0320. The van der Waals surface area contributed by atoms with E-state index in [1.54, 1.807) is 0 Å². The van der Waals surface area contributed by atoms with Gasteiger partial charge in [0, 0.05) is 24.4 Å². The summed E-state index contributed by atoms with van der Waals surface area (Å²) >= 11 is 0. The van der Waals surface area contributed by atoms with E-state index in [0.717, 1.165) is 0 Å². The lowest BCUT2D eigenvalue weighted by Gasteiger charge is -2.40. The molecule has 18 nitrogen and oxygen atoms in total. The van der Waals surface area contributed by atoms with E-state index in [1.807, 2.05) is 0 Å². The van der Waals surface area contributed by atoms with Crippen LogP contribution in [-0.4, -0.2) is 108 Å². The van der Waals surface area contributed by atoms with E-state index < -0.39 is 67.1 Å². The van der Waals surface area contributed by atoms with Crippen molar-refractivity contribution in [3.8, 4) is 0 Å². The summed E-state index contributed by atoms with van der Waals surface area (Å²) in [6, 6.07) is -0.144. The average molecular weight is 557 g/mol. The number of nitrogens with zero attached hydrogens (tertiary/aromatic N) is 1. The Hall–Kier alpha value is -0.330. The first-order chi connectivity index (χ1) is 15.6. The summed E-state index contributed by atoms with van der Waals surface area (Å²) in [7, 11) is -16.8. The van der Waals surface area contributed by atoms with Crippen molar-refractivity contribution in [2.45, 2.75) is 49.5 Å². The molecule has 3 heterocycles. The molecule has 0 aromatic heterocycles. The van der Waals surface area contributed by atoms with Crippen molar-refractivity contribution in [2.24, 2.45) is 0 Å². The number of hydrogen-bond donors (Lipinski definition) is 10. The molecule has 9 atom stereocenters. The maximum atomic E-state index is 11.9. The van der Waals surface area contributed by atoms with E-state index in [-0.39, 0.29) is 11.6 Å². The normalized spacial score (nSPS) is 38.4. The highest BCUT2D eigenvalue weighted by atomic mass is 31.3. The smallest absolute Gasteiger partial charge is 0.387 e. The molecule has 2 fully saturated rings. The molecule has 0 aliphatic carbocycles. The zero-order chi connectivity index (χ0) is 25.5. The van der Waals surface area contributed by atoms with Crippen LogP contribution in [0.1, 0.15) is 6.42 Å². The fourth-order valence-electron chi connectivity index (χ4n) is 3.70. The number of aliphatic hydroxyl groups is 4. The van der Waals surface area contributed by atoms with Crippen LogP contribution in [-0.2, 0) is 31.6 Å². The van der Waals surface area contributed by atoms with Crippen LogP contribution in [0, 0.1) is 0 Å². The van der Waals surface area contributed by atoms with E-state index in [2.05, 4.69) is 23.8 Å². The minimum absolute atomic E-state index is 0.0320. The van der Waals surface area contributed by atoms with Gasteiger partial charge in [-0.15, -0.1) is 0 Å². The van der Waals surface area contributed by atoms with Gasteiger partial charge in [0.2, 0.25) is 0 Å². The zero-order valence-electron chi connectivity index (χ0n) is 17.2. The fraction of sp³-hybridized carbons (Fsp3) is 0.846. The Bertz CT molecular complexity index is 909. The topological polar surface area (TPSA) is 277 Å². The van der Waals surface area contributed by atoms with Gasteiger partial charge in [-0.05, 0) is 13.0 Å². The van der Waals surface area contributed by atoms with E-state index in [0.29, 0.717) is 19.5 Å². The first-order valence-electron chi connectivity index (χ1n) is 9.70. The Morgan fingerprint density at radius 2 is 1.71 bits per heavy atom. The standard InChI is InChI=1S/C13H26N3O15P3/c17-9-8(5-28-33(24,25)31-34(26,27)30-32(21,22)23)29-11(10(9)18)7-4-16(6-1-2-14-3-6)13(20)15-12(7)19/h4,6,8-15,17-20H,1-3,5H2,(H,24,25)(H,26,27)(H2,21,22,23)/t6?,8-,9-,10-,11+,12?,13?/m1/s1. The van der Waals surface area contributed by atoms with Crippen molar-refractivity contribution in [2.75, 3.05) is 19.7 Å². The summed E-state index contributed by atoms with van der Waals surface area (Å²) in [6.45, 7) is 0.246. The van der Waals surface area contributed by atoms with Crippen LogP contribution in [0.15, 0.2) is 11.8 Å². The van der Waals surface area contributed by atoms with Gasteiger partial charge in [0.1, 0.15) is 30.6 Å².